The molecule has 0 radical (unpaired) electrons. The number of nitrogens with zero attached hydrogens (tertiary/aromatic N) is 3. The van der Waals surface area contributed by atoms with Crippen LogP contribution in [-0.2, 0) is 17.1 Å². The van der Waals surface area contributed by atoms with Crippen LogP contribution in [0.4, 0.5) is 0 Å². The number of halogens is 2. The Morgan fingerprint density at radius 3 is 2.48 bits per heavy atom. The standard InChI is InChI=1S/C19H18Cl2N4OS/c1-13-7-9-15(10-8-13)25-16(11-22-18(26)17(20)21)23-24-19(25)27-12-14-5-3-2-4-6-14/h2-10,17H,11-12H2,1H3,(H,22,26). The summed E-state index contributed by atoms with van der Waals surface area (Å²) < 4.78 is 1.94. The van der Waals surface area contributed by atoms with Gasteiger partial charge in [0.2, 0.25) is 0 Å². The van der Waals surface area contributed by atoms with Crippen LogP contribution in [0.2, 0.25) is 0 Å². The predicted molar refractivity (Wildman–Crippen MR) is 109 cm³/mol. The zero-order valence-electron chi connectivity index (χ0n) is 14.6. The fourth-order valence-corrected chi connectivity index (χ4v) is 3.51. The van der Waals surface area contributed by atoms with E-state index in [2.05, 4.69) is 27.6 Å². The number of alkyl halides is 2. The Bertz CT molecular complexity index is 898. The molecule has 0 aliphatic carbocycles. The first-order valence-corrected chi connectivity index (χ1v) is 10.1. The molecule has 140 valence electrons. The lowest BCUT2D eigenvalue weighted by atomic mass is 10.2. The molecule has 5 nitrogen and oxygen atoms in total. The van der Waals surface area contributed by atoms with E-state index >= 15 is 0 Å². The Balaban J connectivity index is 1.85. The van der Waals surface area contributed by atoms with E-state index in [9.17, 15) is 4.79 Å². The van der Waals surface area contributed by atoms with Crippen LogP contribution in [0.25, 0.3) is 5.69 Å². The number of rotatable bonds is 7. The normalized spacial score (nSPS) is 11.0. The molecule has 1 heterocycles. The molecular weight excluding hydrogens is 403 g/mol. The molecule has 1 N–H and O–H groups in total. The molecule has 1 aromatic heterocycles. The zero-order chi connectivity index (χ0) is 19.2. The lowest BCUT2D eigenvalue weighted by Crippen LogP contribution is -2.29. The van der Waals surface area contributed by atoms with E-state index in [1.54, 1.807) is 11.8 Å². The van der Waals surface area contributed by atoms with Gasteiger partial charge in [-0.25, -0.2) is 0 Å². The van der Waals surface area contributed by atoms with Gasteiger partial charge in [0.05, 0.1) is 6.54 Å². The molecule has 0 aliphatic rings. The van der Waals surface area contributed by atoms with Crippen molar-refractivity contribution in [2.24, 2.45) is 0 Å². The van der Waals surface area contributed by atoms with Crippen LogP contribution in [-0.4, -0.2) is 25.5 Å². The highest BCUT2D eigenvalue weighted by atomic mass is 35.5. The van der Waals surface area contributed by atoms with Crippen molar-refractivity contribution in [3.8, 4) is 5.69 Å². The van der Waals surface area contributed by atoms with Crippen LogP contribution in [0.15, 0.2) is 59.8 Å². The maximum atomic E-state index is 11.7. The minimum Gasteiger partial charge on any atom is -0.346 e. The maximum Gasteiger partial charge on any atom is 0.253 e. The van der Waals surface area contributed by atoms with Gasteiger partial charge in [-0.2, -0.15) is 0 Å². The Kier molecular flexibility index (Phi) is 6.77. The highest BCUT2D eigenvalue weighted by Gasteiger charge is 2.17. The van der Waals surface area contributed by atoms with Gasteiger partial charge in [0.1, 0.15) is 0 Å². The summed E-state index contributed by atoms with van der Waals surface area (Å²) in [5.41, 5.74) is 3.29. The summed E-state index contributed by atoms with van der Waals surface area (Å²) in [4.78, 5) is 10.6. The summed E-state index contributed by atoms with van der Waals surface area (Å²) in [5.74, 6) is 0.912. The highest BCUT2D eigenvalue weighted by Crippen LogP contribution is 2.25. The van der Waals surface area contributed by atoms with Crippen LogP contribution >= 0.6 is 35.0 Å². The fourth-order valence-electron chi connectivity index (χ4n) is 2.43. The summed E-state index contributed by atoms with van der Waals surface area (Å²) in [6.45, 7) is 2.21. The number of carbonyl (C=O) groups excluding carboxylic acids is 1. The topological polar surface area (TPSA) is 59.8 Å². The van der Waals surface area contributed by atoms with Gasteiger partial charge in [0.15, 0.2) is 15.8 Å². The minimum atomic E-state index is -1.12. The van der Waals surface area contributed by atoms with Gasteiger partial charge in [0.25, 0.3) is 5.91 Å². The van der Waals surface area contributed by atoms with E-state index in [4.69, 9.17) is 23.2 Å². The van der Waals surface area contributed by atoms with E-state index < -0.39 is 10.7 Å². The average molecular weight is 421 g/mol. The van der Waals surface area contributed by atoms with Crippen molar-refractivity contribution in [1.29, 1.82) is 0 Å². The Hall–Kier alpha value is -2.02. The number of hydrogen-bond donors (Lipinski definition) is 1. The summed E-state index contributed by atoms with van der Waals surface area (Å²) >= 11 is 12.8. The second-order valence-corrected chi connectivity index (χ2v) is 7.90. The Labute approximate surface area is 172 Å². The van der Waals surface area contributed by atoms with Crippen LogP contribution in [0.1, 0.15) is 17.0 Å². The summed E-state index contributed by atoms with van der Waals surface area (Å²) in [5, 5.41) is 12.0. The molecule has 1 amide bonds. The van der Waals surface area contributed by atoms with Gasteiger partial charge in [-0.05, 0) is 24.6 Å². The highest BCUT2D eigenvalue weighted by molar-refractivity contribution is 7.98. The monoisotopic (exact) mass is 420 g/mol. The molecule has 0 bridgehead atoms. The first kappa shape index (κ1) is 19.7. The van der Waals surface area contributed by atoms with Crippen LogP contribution in [0.5, 0.6) is 0 Å². The molecule has 0 fully saturated rings. The Morgan fingerprint density at radius 2 is 1.81 bits per heavy atom. The van der Waals surface area contributed by atoms with Crippen LogP contribution in [0.3, 0.4) is 0 Å². The number of aryl methyl sites for hydroxylation is 1. The molecule has 8 heteroatoms. The molecule has 0 spiro atoms. The third kappa shape index (κ3) is 5.25. The van der Waals surface area contributed by atoms with E-state index in [-0.39, 0.29) is 6.54 Å². The van der Waals surface area contributed by atoms with E-state index in [0.717, 1.165) is 22.2 Å². The average Bonchev–Trinajstić information content (AvgIpc) is 3.08. The third-order valence-electron chi connectivity index (χ3n) is 3.82. The summed E-state index contributed by atoms with van der Waals surface area (Å²) in [7, 11) is 0. The summed E-state index contributed by atoms with van der Waals surface area (Å²) in [6.07, 6.45) is 0. The lowest BCUT2D eigenvalue weighted by molar-refractivity contribution is -0.119. The predicted octanol–water partition coefficient (Wildman–Crippen LogP) is 4.29. The lowest BCUT2D eigenvalue weighted by Gasteiger charge is -2.11. The van der Waals surface area contributed by atoms with Crippen molar-refractivity contribution < 1.29 is 4.79 Å². The second kappa shape index (κ2) is 9.26. The van der Waals surface area contributed by atoms with Gasteiger partial charge in [-0.3, -0.25) is 9.36 Å². The number of benzene rings is 2. The molecule has 0 saturated carbocycles. The largest absolute Gasteiger partial charge is 0.346 e. The number of thioether (sulfide) groups is 1. The molecule has 2 aromatic carbocycles. The second-order valence-electron chi connectivity index (χ2n) is 5.86. The van der Waals surface area contributed by atoms with E-state index in [1.807, 2.05) is 54.0 Å². The fraction of sp³-hybridized carbons (Fsp3) is 0.211. The van der Waals surface area contributed by atoms with Crippen molar-refractivity contribution in [2.45, 2.75) is 29.2 Å². The molecule has 3 rings (SSSR count). The van der Waals surface area contributed by atoms with Gasteiger partial charge < -0.3 is 5.32 Å². The number of hydrogen-bond acceptors (Lipinski definition) is 4. The SMILES string of the molecule is Cc1ccc(-n2c(CNC(=O)C(Cl)Cl)nnc2SCc2ccccc2)cc1. The van der Waals surface area contributed by atoms with Crippen molar-refractivity contribution in [3.05, 3.63) is 71.5 Å². The zero-order valence-corrected chi connectivity index (χ0v) is 16.9. The molecular formula is C19H18Cl2N4OS. The van der Waals surface area contributed by atoms with Gasteiger partial charge >= 0.3 is 0 Å². The number of amides is 1. The van der Waals surface area contributed by atoms with Crippen LogP contribution in [0, 0.1) is 6.92 Å². The smallest absolute Gasteiger partial charge is 0.253 e. The molecule has 0 saturated heterocycles. The van der Waals surface area contributed by atoms with Crippen molar-refractivity contribution in [1.82, 2.24) is 20.1 Å². The quantitative estimate of drug-likeness (QED) is 0.457. The molecule has 0 atom stereocenters. The Morgan fingerprint density at radius 1 is 1.11 bits per heavy atom. The summed E-state index contributed by atoms with van der Waals surface area (Å²) in [6, 6.07) is 18.2. The van der Waals surface area contributed by atoms with Gasteiger partial charge in [-0.15, -0.1) is 10.2 Å². The van der Waals surface area contributed by atoms with E-state index in [0.29, 0.717) is 5.82 Å². The van der Waals surface area contributed by atoms with Gasteiger partial charge in [0, 0.05) is 11.4 Å². The molecule has 3 aromatic rings. The number of carbonyl (C=O) groups is 1. The first-order valence-electron chi connectivity index (χ1n) is 8.28. The third-order valence-corrected chi connectivity index (χ3v) is 5.22. The minimum absolute atomic E-state index is 0.182. The van der Waals surface area contributed by atoms with E-state index in [1.165, 1.54) is 5.56 Å². The number of aromatic nitrogens is 3. The van der Waals surface area contributed by atoms with Gasteiger partial charge in [-0.1, -0.05) is 83.0 Å². The van der Waals surface area contributed by atoms with Crippen LogP contribution < -0.4 is 5.32 Å². The van der Waals surface area contributed by atoms with Crippen molar-refractivity contribution >= 4 is 40.9 Å². The maximum absolute atomic E-state index is 11.7. The van der Waals surface area contributed by atoms with Crippen molar-refractivity contribution in [3.63, 3.8) is 0 Å². The number of nitrogens with one attached hydrogen (secondary N) is 1. The molecule has 0 unspecified atom stereocenters. The first-order chi connectivity index (χ1) is 13.0. The van der Waals surface area contributed by atoms with Crippen molar-refractivity contribution in [2.75, 3.05) is 0 Å². The molecule has 0 aliphatic heterocycles. The molecule has 27 heavy (non-hydrogen) atoms.